The van der Waals surface area contributed by atoms with Crippen molar-refractivity contribution in [3.05, 3.63) is 18.1 Å². The van der Waals surface area contributed by atoms with Crippen molar-refractivity contribution in [3.8, 4) is 0 Å². The van der Waals surface area contributed by atoms with Gasteiger partial charge in [0.15, 0.2) is 0 Å². The lowest BCUT2D eigenvalue weighted by Gasteiger charge is -2.27. The van der Waals surface area contributed by atoms with Crippen LogP contribution in [-0.4, -0.2) is 50.4 Å². The Hall–Kier alpha value is -1.25. The molecule has 1 N–H and O–H groups in total. The molecule has 0 amide bonds. The summed E-state index contributed by atoms with van der Waals surface area (Å²) in [4.78, 5) is 10.5. The summed E-state index contributed by atoms with van der Waals surface area (Å²) in [5, 5.41) is 0. The molecule has 1 fully saturated rings. The number of anilines is 1. The Kier molecular flexibility index (Phi) is 4.67. The van der Waals surface area contributed by atoms with Crippen LogP contribution in [0.1, 0.15) is 12.7 Å². The van der Waals surface area contributed by atoms with Crippen LogP contribution >= 0.6 is 0 Å². The van der Waals surface area contributed by atoms with Gasteiger partial charge in [-0.05, 0) is 13.0 Å². The summed E-state index contributed by atoms with van der Waals surface area (Å²) in [5.41, 5.74) is 0. The topological polar surface area (TPSA) is 84.4 Å². The molecule has 1 saturated heterocycles. The SMILES string of the molecule is CCS(=O)(=O)NCc1nccc(N2CCOCC2)n1. The normalized spacial score (nSPS) is 16.6. The molecule has 7 nitrogen and oxygen atoms in total. The Morgan fingerprint density at radius 1 is 1.42 bits per heavy atom. The van der Waals surface area contributed by atoms with Gasteiger partial charge >= 0.3 is 0 Å². The third-order valence-electron chi connectivity index (χ3n) is 2.86. The number of ether oxygens (including phenoxy) is 1. The Balaban J connectivity index is 2.02. The quantitative estimate of drug-likeness (QED) is 0.803. The minimum Gasteiger partial charge on any atom is -0.378 e. The molecule has 1 aliphatic rings. The van der Waals surface area contributed by atoms with E-state index in [1.54, 1.807) is 13.1 Å². The lowest BCUT2D eigenvalue weighted by molar-refractivity contribution is 0.122. The molecule has 2 rings (SSSR count). The van der Waals surface area contributed by atoms with Crippen molar-refractivity contribution in [2.45, 2.75) is 13.5 Å². The molecule has 19 heavy (non-hydrogen) atoms. The number of morpholine rings is 1. The van der Waals surface area contributed by atoms with Crippen molar-refractivity contribution in [1.29, 1.82) is 0 Å². The minimum absolute atomic E-state index is 0.0517. The molecular weight excluding hydrogens is 268 g/mol. The summed E-state index contributed by atoms with van der Waals surface area (Å²) in [6.45, 7) is 4.65. The van der Waals surface area contributed by atoms with Crippen LogP contribution < -0.4 is 9.62 Å². The first-order chi connectivity index (χ1) is 9.11. The first-order valence-corrected chi connectivity index (χ1v) is 7.88. The molecular formula is C11H18N4O3S. The fourth-order valence-electron chi connectivity index (χ4n) is 1.72. The second-order valence-electron chi connectivity index (χ2n) is 4.16. The number of rotatable bonds is 5. The van der Waals surface area contributed by atoms with Gasteiger partial charge in [-0.1, -0.05) is 0 Å². The smallest absolute Gasteiger partial charge is 0.211 e. The molecule has 8 heteroatoms. The van der Waals surface area contributed by atoms with Gasteiger partial charge in [0.25, 0.3) is 0 Å². The molecule has 0 atom stereocenters. The van der Waals surface area contributed by atoms with Crippen LogP contribution in [0.15, 0.2) is 12.3 Å². The minimum atomic E-state index is -3.22. The first kappa shape index (κ1) is 14.2. The van der Waals surface area contributed by atoms with Crippen LogP contribution in [0.4, 0.5) is 5.82 Å². The van der Waals surface area contributed by atoms with Gasteiger partial charge in [0, 0.05) is 19.3 Å². The number of sulfonamides is 1. The molecule has 0 unspecified atom stereocenters. The Morgan fingerprint density at radius 3 is 2.84 bits per heavy atom. The monoisotopic (exact) mass is 286 g/mol. The summed E-state index contributed by atoms with van der Waals surface area (Å²) in [6, 6.07) is 1.82. The zero-order valence-corrected chi connectivity index (χ0v) is 11.7. The average molecular weight is 286 g/mol. The Labute approximate surface area is 113 Å². The highest BCUT2D eigenvalue weighted by molar-refractivity contribution is 7.89. The van der Waals surface area contributed by atoms with Crippen LogP contribution in [-0.2, 0) is 21.3 Å². The Morgan fingerprint density at radius 2 is 2.16 bits per heavy atom. The van der Waals surface area contributed by atoms with Crippen molar-refractivity contribution < 1.29 is 13.2 Å². The van der Waals surface area contributed by atoms with E-state index in [9.17, 15) is 8.42 Å². The zero-order chi connectivity index (χ0) is 13.7. The third-order valence-corrected chi connectivity index (χ3v) is 4.20. The molecule has 0 saturated carbocycles. The average Bonchev–Trinajstić information content (AvgIpc) is 2.47. The van der Waals surface area contributed by atoms with E-state index in [1.165, 1.54) is 0 Å². The van der Waals surface area contributed by atoms with Gasteiger partial charge in [0.1, 0.15) is 11.6 Å². The van der Waals surface area contributed by atoms with E-state index < -0.39 is 10.0 Å². The lowest BCUT2D eigenvalue weighted by Crippen LogP contribution is -2.37. The highest BCUT2D eigenvalue weighted by atomic mass is 32.2. The van der Waals surface area contributed by atoms with Gasteiger partial charge in [-0.2, -0.15) is 0 Å². The van der Waals surface area contributed by atoms with Crippen LogP contribution in [0.2, 0.25) is 0 Å². The van der Waals surface area contributed by atoms with Gasteiger partial charge in [-0.25, -0.2) is 23.1 Å². The predicted octanol–water partition coefficient (Wildman–Crippen LogP) is -0.247. The molecule has 0 aliphatic carbocycles. The van der Waals surface area contributed by atoms with E-state index in [0.29, 0.717) is 19.0 Å². The summed E-state index contributed by atoms with van der Waals surface area (Å²) in [5.74, 6) is 1.33. The zero-order valence-electron chi connectivity index (χ0n) is 10.9. The summed E-state index contributed by atoms with van der Waals surface area (Å²) < 4.78 is 30.5. The highest BCUT2D eigenvalue weighted by Gasteiger charge is 2.13. The predicted molar refractivity (Wildman–Crippen MR) is 71.4 cm³/mol. The van der Waals surface area contributed by atoms with Crippen molar-refractivity contribution >= 4 is 15.8 Å². The number of hydrogen-bond acceptors (Lipinski definition) is 6. The van der Waals surface area contributed by atoms with E-state index in [2.05, 4.69) is 19.6 Å². The molecule has 0 bridgehead atoms. The molecule has 2 heterocycles. The number of nitrogens with one attached hydrogen (secondary N) is 1. The fourth-order valence-corrected chi connectivity index (χ4v) is 2.27. The third kappa shape index (κ3) is 4.12. The van der Waals surface area contributed by atoms with E-state index in [0.717, 1.165) is 18.9 Å². The number of nitrogens with zero attached hydrogens (tertiary/aromatic N) is 3. The molecule has 0 spiro atoms. The fraction of sp³-hybridized carbons (Fsp3) is 0.636. The van der Waals surface area contributed by atoms with Crippen LogP contribution in [0, 0.1) is 0 Å². The van der Waals surface area contributed by atoms with E-state index in [4.69, 9.17) is 4.74 Å². The number of aromatic nitrogens is 2. The van der Waals surface area contributed by atoms with Crippen molar-refractivity contribution in [2.24, 2.45) is 0 Å². The van der Waals surface area contributed by atoms with Crippen molar-refractivity contribution in [2.75, 3.05) is 37.0 Å². The van der Waals surface area contributed by atoms with Gasteiger partial charge in [0.05, 0.1) is 25.5 Å². The summed E-state index contributed by atoms with van der Waals surface area (Å²) in [7, 11) is -3.22. The molecule has 106 valence electrons. The second-order valence-corrected chi connectivity index (χ2v) is 6.25. The van der Waals surface area contributed by atoms with Crippen molar-refractivity contribution in [1.82, 2.24) is 14.7 Å². The largest absolute Gasteiger partial charge is 0.378 e. The maximum absolute atomic E-state index is 11.4. The van der Waals surface area contributed by atoms with Gasteiger partial charge in [0.2, 0.25) is 10.0 Å². The van der Waals surface area contributed by atoms with Gasteiger partial charge in [-0.15, -0.1) is 0 Å². The summed E-state index contributed by atoms with van der Waals surface area (Å²) in [6.07, 6.45) is 1.65. The van der Waals surface area contributed by atoms with Crippen LogP contribution in [0.3, 0.4) is 0 Å². The van der Waals surface area contributed by atoms with Gasteiger partial charge < -0.3 is 9.64 Å². The first-order valence-electron chi connectivity index (χ1n) is 6.22. The molecule has 1 aliphatic heterocycles. The maximum atomic E-state index is 11.4. The van der Waals surface area contributed by atoms with Gasteiger partial charge in [-0.3, -0.25) is 0 Å². The second kappa shape index (κ2) is 6.27. The van der Waals surface area contributed by atoms with Crippen LogP contribution in [0.5, 0.6) is 0 Å². The highest BCUT2D eigenvalue weighted by Crippen LogP contribution is 2.11. The maximum Gasteiger partial charge on any atom is 0.211 e. The van der Waals surface area contributed by atoms with E-state index in [-0.39, 0.29) is 12.3 Å². The van der Waals surface area contributed by atoms with E-state index in [1.807, 2.05) is 6.07 Å². The molecule has 1 aromatic rings. The van der Waals surface area contributed by atoms with E-state index >= 15 is 0 Å². The Bertz CT molecular complexity index is 514. The standard InChI is InChI=1S/C11H18N4O3S/c1-2-19(16,17)13-9-10-12-4-3-11(14-10)15-5-7-18-8-6-15/h3-4,13H,2,5-9H2,1H3. The summed E-state index contributed by atoms with van der Waals surface area (Å²) >= 11 is 0. The molecule has 0 aromatic carbocycles. The van der Waals surface area contributed by atoms with Crippen molar-refractivity contribution in [3.63, 3.8) is 0 Å². The molecule has 1 aromatic heterocycles. The van der Waals surface area contributed by atoms with Crippen LogP contribution in [0.25, 0.3) is 0 Å². The number of hydrogen-bond donors (Lipinski definition) is 1. The molecule has 0 radical (unpaired) electrons. The lowest BCUT2D eigenvalue weighted by atomic mass is 10.4.